The van der Waals surface area contributed by atoms with Crippen LogP contribution in [0.4, 0.5) is 4.39 Å². The number of nitrogens with one attached hydrogen (secondary N) is 2. The maximum Gasteiger partial charge on any atom is 0.244 e. The Balaban J connectivity index is 1.71. The number of amides is 1. The van der Waals surface area contributed by atoms with E-state index in [9.17, 15) is 17.6 Å². The Hall–Kier alpha value is -2.23. The minimum absolute atomic E-state index is 0.129. The number of likely N-dealkylation sites (tertiary alicyclic amines) is 1. The number of sulfonamides is 1. The van der Waals surface area contributed by atoms with E-state index in [4.69, 9.17) is 4.42 Å². The smallest absolute Gasteiger partial charge is 0.244 e. The average molecular weight is 452 g/mol. The number of halogens is 1. The molecule has 31 heavy (non-hydrogen) atoms. The van der Waals surface area contributed by atoms with Gasteiger partial charge in [-0.3, -0.25) is 9.69 Å². The largest absolute Gasteiger partial charge is 0.468 e. The van der Waals surface area contributed by atoms with Crippen molar-refractivity contribution in [2.45, 2.75) is 50.1 Å². The minimum Gasteiger partial charge on any atom is -0.468 e. The lowest BCUT2D eigenvalue weighted by molar-refractivity contribution is -0.124. The number of carbonyl (C=O) groups excluding carboxylic acids is 1. The zero-order valence-electron chi connectivity index (χ0n) is 17.9. The molecule has 2 aromatic rings. The molecule has 0 spiro atoms. The van der Waals surface area contributed by atoms with Crippen LogP contribution in [0.3, 0.4) is 0 Å². The van der Waals surface area contributed by atoms with Crippen molar-refractivity contribution in [2.75, 3.05) is 19.6 Å². The number of carbonyl (C=O) groups is 1. The Kier molecular flexibility index (Phi) is 7.85. The van der Waals surface area contributed by atoms with Gasteiger partial charge in [-0.2, -0.15) is 4.72 Å². The van der Waals surface area contributed by atoms with E-state index >= 15 is 0 Å². The molecule has 1 aliphatic heterocycles. The second-order valence-electron chi connectivity index (χ2n) is 8.15. The standard InChI is InChI=1S/C22H30FN3O4S/c1-16(2)21(25-31(28,29)20-11-5-4-9-17(20)23)22(27)24-15-18(19-10-8-14-30-19)26-12-6-3-7-13-26/h4-5,8-11,14,16,18,21,25H,3,6-7,12-13,15H2,1-2H3,(H,24,27)/t18?,21-/m0/s1. The predicted octanol–water partition coefficient (Wildman–Crippen LogP) is 3.07. The van der Waals surface area contributed by atoms with Gasteiger partial charge in [-0.25, -0.2) is 12.8 Å². The number of nitrogens with zero attached hydrogens (tertiary/aromatic N) is 1. The summed E-state index contributed by atoms with van der Waals surface area (Å²) in [5.41, 5.74) is 0. The summed E-state index contributed by atoms with van der Waals surface area (Å²) in [5.74, 6) is -0.891. The van der Waals surface area contributed by atoms with E-state index in [0.717, 1.165) is 37.8 Å². The summed E-state index contributed by atoms with van der Waals surface area (Å²) in [6.45, 7) is 5.59. The number of benzene rings is 1. The highest BCUT2D eigenvalue weighted by Gasteiger charge is 2.31. The molecule has 0 bridgehead atoms. The Morgan fingerprint density at radius 3 is 2.45 bits per heavy atom. The quantitative estimate of drug-likeness (QED) is 0.611. The third-order valence-corrected chi connectivity index (χ3v) is 7.00. The van der Waals surface area contributed by atoms with Crippen LogP contribution in [0, 0.1) is 11.7 Å². The Morgan fingerprint density at radius 2 is 1.84 bits per heavy atom. The Labute approximate surface area is 183 Å². The average Bonchev–Trinajstić information content (AvgIpc) is 3.27. The molecule has 0 radical (unpaired) electrons. The first-order chi connectivity index (χ1) is 14.8. The van der Waals surface area contributed by atoms with Gasteiger partial charge in [0, 0.05) is 6.54 Å². The van der Waals surface area contributed by atoms with Crippen LogP contribution in [-0.4, -0.2) is 44.9 Å². The van der Waals surface area contributed by atoms with E-state index < -0.39 is 32.7 Å². The van der Waals surface area contributed by atoms with E-state index in [2.05, 4.69) is 14.9 Å². The molecule has 1 amide bonds. The van der Waals surface area contributed by atoms with Crippen molar-refractivity contribution in [3.63, 3.8) is 0 Å². The summed E-state index contributed by atoms with van der Waals surface area (Å²) in [6.07, 6.45) is 4.96. The first kappa shape index (κ1) is 23.4. The van der Waals surface area contributed by atoms with Crippen molar-refractivity contribution in [1.82, 2.24) is 14.9 Å². The Bertz CT molecular complexity index is 957. The maximum atomic E-state index is 14.0. The van der Waals surface area contributed by atoms with Gasteiger partial charge in [-0.15, -0.1) is 0 Å². The lowest BCUT2D eigenvalue weighted by Gasteiger charge is -2.34. The lowest BCUT2D eigenvalue weighted by atomic mass is 10.0. The van der Waals surface area contributed by atoms with Crippen molar-refractivity contribution in [1.29, 1.82) is 0 Å². The zero-order chi connectivity index (χ0) is 22.4. The summed E-state index contributed by atoms with van der Waals surface area (Å²) in [5, 5.41) is 2.88. The van der Waals surface area contributed by atoms with Crippen LogP contribution < -0.4 is 10.0 Å². The minimum atomic E-state index is -4.20. The highest BCUT2D eigenvalue weighted by atomic mass is 32.2. The second-order valence-corrected chi connectivity index (χ2v) is 9.83. The molecule has 7 nitrogen and oxygen atoms in total. The van der Waals surface area contributed by atoms with E-state index in [1.54, 1.807) is 20.1 Å². The van der Waals surface area contributed by atoms with Crippen LogP contribution in [0.5, 0.6) is 0 Å². The first-order valence-corrected chi connectivity index (χ1v) is 12.1. The first-order valence-electron chi connectivity index (χ1n) is 10.6. The highest BCUT2D eigenvalue weighted by Crippen LogP contribution is 2.24. The molecule has 0 aliphatic carbocycles. The van der Waals surface area contributed by atoms with Crippen LogP contribution in [-0.2, 0) is 14.8 Å². The van der Waals surface area contributed by atoms with E-state index in [1.807, 2.05) is 12.1 Å². The molecule has 170 valence electrons. The van der Waals surface area contributed by atoms with Gasteiger partial charge < -0.3 is 9.73 Å². The summed E-state index contributed by atoms with van der Waals surface area (Å²) < 4.78 is 47.4. The molecular formula is C22H30FN3O4S. The van der Waals surface area contributed by atoms with Gasteiger partial charge in [0.1, 0.15) is 22.5 Å². The van der Waals surface area contributed by atoms with Crippen molar-refractivity contribution < 1.29 is 22.0 Å². The maximum absolute atomic E-state index is 14.0. The molecule has 1 saturated heterocycles. The fourth-order valence-electron chi connectivity index (χ4n) is 3.81. The SMILES string of the molecule is CC(C)[C@H](NS(=O)(=O)c1ccccc1F)C(=O)NCC(c1ccco1)N1CCCCC1. The van der Waals surface area contributed by atoms with Crippen molar-refractivity contribution in [3.8, 4) is 0 Å². The molecule has 9 heteroatoms. The molecule has 1 fully saturated rings. The van der Waals surface area contributed by atoms with Crippen molar-refractivity contribution in [2.24, 2.45) is 5.92 Å². The summed E-state index contributed by atoms with van der Waals surface area (Å²) in [7, 11) is -4.20. The van der Waals surface area contributed by atoms with Crippen molar-refractivity contribution >= 4 is 15.9 Å². The molecule has 0 saturated carbocycles. The van der Waals surface area contributed by atoms with Crippen LogP contribution in [0.2, 0.25) is 0 Å². The van der Waals surface area contributed by atoms with Crippen LogP contribution >= 0.6 is 0 Å². The molecule has 1 unspecified atom stereocenters. The van der Waals surface area contributed by atoms with Gasteiger partial charge in [0.2, 0.25) is 15.9 Å². The molecule has 1 aliphatic rings. The molecular weight excluding hydrogens is 421 g/mol. The van der Waals surface area contributed by atoms with Gasteiger partial charge in [-0.1, -0.05) is 32.4 Å². The summed E-state index contributed by atoms with van der Waals surface area (Å²) in [6, 6.07) is 7.63. The van der Waals surface area contributed by atoms with E-state index in [-0.39, 0.29) is 18.5 Å². The fourth-order valence-corrected chi connectivity index (χ4v) is 5.24. The normalized spacial score (nSPS) is 17.4. The zero-order valence-corrected chi connectivity index (χ0v) is 18.7. The topological polar surface area (TPSA) is 91.6 Å². The second kappa shape index (κ2) is 10.4. The van der Waals surface area contributed by atoms with Crippen LogP contribution in [0.25, 0.3) is 0 Å². The monoisotopic (exact) mass is 451 g/mol. The molecule has 2 N–H and O–H groups in total. The highest BCUT2D eigenvalue weighted by molar-refractivity contribution is 7.89. The number of hydrogen-bond donors (Lipinski definition) is 2. The van der Waals surface area contributed by atoms with Gasteiger partial charge in [0.05, 0.1) is 12.3 Å². The number of hydrogen-bond acceptors (Lipinski definition) is 5. The summed E-state index contributed by atoms with van der Waals surface area (Å²) >= 11 is 0. The third kappa shape index (κ3) is 5.93. The number of piperidine rings is 1. The van der Waals surface area contributed by atoms with Crippen LogP contribution in [0.1, 0.15) is 44.9 Å². The fraction of sp³-hybridized carbons (Fsp3) is 0.500. The molecule has 1 aromatic heterocycles. The van der Waals surface area contributed by atoms with E-state index in [0.29, 0.717) is 0 Å². The van der Waals surface area contributed by atoms with Gasteiger partial charge in [0.15, 0.2) is 0 Å². The Morgan fingerprint density at radius 1 is 1.13 bits per heavy atom. The van der Waals surface area contributed by atoms with E-state index in [1.165, 1.54) is 24.6 Å². The lowest BCUT2D eigenvalue weighted by Crippen LogP contribution is -2.51. The molecule has 3 rings (SSSR count). The van der Waals surface area contributed by atoms with Crippen molar-refractivity contribution in [3.05, 3.63) is 54.2 Å². The summed E-state index contributed by atoms with van der Waals surface area (Å²) in [4.78, 5) is 14.8. The number of furan rings is 1. The predicted molar refractivity (Wildman–Crippen MR) is 115 cm³/mol. The van der Waals surface area contributed by atoms with Gasteiger partial charge >= 0.3 is 0 Å². The molecule has 2 heterocycles. The number of rotatable bonds is 9. The van der Waals surface area contributed by atoms with Gasteiger partial charge in [0.25, 0.3) is 0 Å². The van der Waals surface area contributed by atoms with Gasteiger partial charge in [-0.05, 0) is 56.1 Å². The molecule has 2 atom stereocenters. The molecule has 1 aromatic carbocycles. The third-order valence-electron chi connectivity index (χ3n) is 5.53. The van der Waals surface area contributed by atoms with Crippen LogP contribution in [0.15, 0.2) is 52.0 Å².